The molecule has 1 amide bonds. The first kappa shape index (κ1) is 23.9. The summed E-state index contributed by atoms with van der Waals surface area (Å²) in [5, 5.41) is 11.0. The molecule has 3 rings (SSSR count). The monoisotopic (exact) mass is 456 g/mol. The maximum atomic E-state index is 13.3. The van der Waals surface area contributed by atoms with Crippen LogP contribution in [0.1, 0.15) is 25.8 Å². The number of amides is 1. The van der Waals surface area contributed by atoms with Crippen LogP contribution in [0.2, 0.25) is 0 Å². The number of aromatic nitrogens is 6. The Labute approximate surface area is 190 Å². The number of hydrogen-bond donors (Lipinski definition) is 2. The fraction of sp³-hybridized carbons (Fsp3) is 0.429. The average molecular weight is 457 g/mol. The van der Waals surface area contributed by atoms with Gasteiger partial charge in [-0.05, 0) is 40.5 Å². The Morgan fingerprint density at radius 1 is 1.24 bits per heavy atom. The van der Waals surface area contributed by atoms with Crippen LogP contribution in [0, 0.1) is 5.92 Å². The van der Waals surface area contributed by atoms with Gasteiger partial charge in [0.1, 0.15) is 12.1 Å². The van der Waals surface area contributed by atoms with Crippen molar-refractivity contribution in [3.63, 3.8) is 0 Å². The van der Waals surface area contributed by atoms with Crippen molar-refractivity contribution < 1.29 is 9.53 Å². The number of nitrogens with two attached hydrogens (primary N) is 1. The number of rotatable bonds is 10. The van der Waals surface area contributed by atoms with Gasteiger partial charge in [0.15, 0.2) is 5.69 Å². The molecule has 3 aromatic rings. The van der Waals surface area contributed by atoms with Gasteiger partial charge in [0.25, 0.3) is 5.56 Å². The van der Waals surface area contributed by atoms with Crippen LogP contribution in [0.15, 0.2) is 40.2 Å². The lowest BCUT2D eigenvalue weighted by Crippen LogP contribution is -2.42. The molecule has 0 aliphatic rings. The van der Waals surface area contributed by atoms with Gasteiger partial charge in [0, 0.05) is 26.8 Å². The van der Waals surface area contributed by atoms with Crippen molar-refractivity contribution in [2.24, 2.45) is 5.92 Å². The van der Waals surface area contributed by atoms with Crippen molar-refractivity contribution in [1.82, 2.24) is 29.8 Å². The van der Waals surface area contributed by atoms with Crippen LogP contribution in [0.5, 0.6) is 0 Å². The zero-order valence-corrected chi connectivity index (χ0v) is 18.9. The number of carbonyl (C=O) groups excluding carboxylic acids is 1. The third kappa shape index (κ3) is 5.71. The molecule has 2 aromatic heterocycles. The first-order valence-electron chi connectivity index (χ1n) is 10.6. The normalized spacial score (nSPS) is 11.2. The van der Waals surface area contributed by atoms with E-state index in [2.05, 4.69) is 20.5 Å². The van der Waals surface area contributed by atoms with Gasteiger partial charge in [-0.2, -0.15) is 0 Å². The standard InChI is InChI=1S/C21H28N8O4/c1-14(2)12-28-19(22)18(20(31)24-21(28)32)27(9-4-10-33-3)17(30)11-15-5-7-16(8-6-15)29-13-23-25-26-29/h5-8,13-14H,4,9-12,22H2,1-3H3,(H,24,31,32). The van der Waals surface area contributed by atoms with Crippen LogP contribution < -0.4 is 21.9 Å². The predicted molar refractivity (Wildman–Crippen MR) is 122 cm³/mol. The third-order valence-electron chi connectivity index (χ3n) is 4.97. The molecule has 0 aliphatic carbocycles. The van der Waals surface area contributed by atoms with Gasteiger partial charge >= 0.3 is 5.69 Å². The Bertz CT molecular complexity index is 1180. The van der Waals surface area contributed by atoms with Crippen molar-refractivity contribution >= 4 is 17.4 Å². The fourth-order valence-electron chi connectivity index (χ4n) is 3.43. The number of anilines is 2. The number of nitrogens with zero attached hydrogens (tertiary/aromatic N) is 6. The zero-order valence-electron chi connectivity index (χ0n) is 18.9. The number of H-pyrrole nitrogens is 1. The molecule has 0 saturated heterocycles. The maximum Gasteiger partial charge on any atom is 0.330 e. The highest BCUT2D eigenvalue weighted by Crippen LogP contribution is 2.20. The number of ether oxygens (including phenoxy) is 1. The van der Waals surface area contributed by atoms with Crippen molar-refractivity contribution in [1.29, 1.82) is 0 Å². The minimum absolute atomic E-state index is 0.0262. The summed E-state index contributed by atoms with van der Waals surface area (Å²) in [6, 6.07) is 7.15. The maximum absolute atomic E-state index is 13.3. The Kier molecular flexibility index (Phi) is 7.72. The van der Waals surface area contributed by atoms with E-state index < -0.39 is 11.2 Å². The second-order valence-corrected chi connectivity index (χ2v) is 7.99. The number of tetrazole rings is 1. The molecule has 33 heavy (non-hydrogen) atoms. The van der Waals surface area contributed by atoms with Crippen molar-refractivity contribution in [3.8, 4) is 5.69 Å². The molecule has 0 aliphatic heterocycles. The fourth-order valence-corrected chi connectivity index (χ4v) is 3.43. The summed E-state index contributed by atoms with van der Waals surface area (Å²) in [4.78, 5) is 41.9. The van der Waals surface area contributed by atoms with Gasteiger partial charge in [0.05, 0.1) is 12.1 Å². The van der Waals surface area contributed by atoms with Crippen molar-refractivity contribution in [2.75, 3.05) is 30.9 Å². The average Bonchev–Trinajstić information content (AvgIpc) is 3.31. The lowest BCUT2D eigenvalue weighted by Gasteiger charge is -2.25. The molecule has 176 valence electrons. The first-order chi connectivity index (χ1) is 15.8. The first-order valence-corrected chi connectivity index (χ1v) is 10.6. The number of benzene rings is 1. The largest absolute Gasteiger partial charge is 0.385 e. The summed E-state index contributed by atoms with van der Waals surface area (Å²) in [5.41, 5.74) is 6.40. The van der Waals surface area contributed by atoms with E-state index in [1.54, 1.807) is 31.4 Å². The van der Waals surface area contributed by atoms with Gasteiger partial charge in [-0.3, -0.25) is 19.1 Å². The highest BCUT2D eigenvalue weighted by Gasteiger charge is 2.24. The van der Waals surface area contributed by atoms with Crippen LogP contribution >= 0.6 is 0 Å². The minimum Gasteiger partial charge on any atom is -0.385 e. The second kappa shape index (κ2) is 10.7. The molecule has 3 N–H and O–H groups in total. The summed E-state index contributed by atoms with van der Waals surface area (Å²) < 4.78 is 7.89. The number of hydrogen-bond acceptors (Lipinski definition) is 8. The van der Waals surface area contributed by atoms with Crippen LogP contribution in [0.4, 0.5) is 11.5 Å². The minimum atomic E-state index is -0.697. The molecule has 0 radical (unpaired) electrons. The summed E-state index contributed by atoms with van der Waals surface area (Å²) in [6.07, 6.45) is 1.99. The molecule has 0 saturated carbocycles. The lowest BCUT2D eigenvalue weighted by molar-refractivity contribution is -0.118. The Morgan fingerprint density at radius 3 is 2.58 bits per heavy atom. The number of nitrogens with one attached hydrogen (secondary N) is 1. The van der Waals surface area contributed by atoms with Crippen molar-refractivity contribution in [3.05, 3.63) is 57.0 Å². The molecule has 1 aromatic carbocycles. The Hall–Kier alpha value is -3.80. The van der Waals surface area contributed by atoms with Gasteiger partial charge < -0.3 is 15.4 Å². The number of methoxy groups -OCH3 is 1. The number of nitrogen functional groups attached to an aromatic ring is 1. The smallest absolute Gasteiger partial charge is 0.330 e. The Balaban J connectivity index is 1.92. The third-order valence-corrected chi connectivity index (χ3v) is 4.97. The van der Waals surface area contributed by atoms with E-state index in [4.69, 9.17) is 10.5 Å². The molecule has 0 spiro atoms. The number of carbonyl (C=O) groups is 1. The van der Waals surface area contributed by atoms with Crippen LogP contribution in [0.3, 0.4) is 0 Å². The van der Waals surface area contributed by atoms with Gasteiger partial charge in [-0.1, -0.05) is 26.0 Å². The molecule has 2 heterocycles. The van der Waals surface area contributed by atoms with Gasteiger partial charge in [-0.25, -0.2) is 9.48 Å². The van der Waals surface area contributed by atoms with Gasteiger partial charge in [0.2, 0.25) is 5.91 Å². The molecule has 12 nitrogen and oxygen atoms in total. The predicted octanol–water partition coefficient (Wildman–Crippen LogP) is 0.363. The van der Waals surface area contributed by atoms with Crippen molar-refractivity contribution in [2.45, 2.75) is 33.2 Å². The molecular formula is C21H28N8O4. The highest BCUT2D eigenvalue weighted by molar-refractivity contribution is 5.96. The molecule has 0 atom stereocenters. The molecule has 0 fully saturated rings. The summed E-state index contributed by atoms with van der Waals surface area (Å²) in [7, 11) is 1.56. The van der Waals surface area contributed by atoms with Crippen LogP contribution in [-0.4, -0.2) is 55.9 Å². The zero-order chi connectivity index (χ0) is 24.0. The van der Waals surface area contributed by atoms with E-state index in [0.29, 0.717) is 19.6 Å². The summed E-state index contributed by atoms with van der Waals surface area (Å²) >= 11 is 0. The quantitative estimate of drug-likeness (QED) is 0.415. The number of aromatic amines is 1. The van der Waals surface area contributed by atoms with Gasteiger partial charge in [-0.15, -0.1) is 5.10 Å². The topological polar surface area (TPSA) is 154 Å². The highest BCUT2D eigenvalue weighted by atomic mass is 16.5. The SMILES string of the molecule is COCCCN(C(=O)Cc1ccc(-n2cnnn2)cc1)c1c(N)n(CC(C)C)c(=O)[nH]c1=O. The van der Waals surface area contributed by atoms with E-state index >= 15 is 0 Å². The molecule has 0 bridgehead atoms. The van der Waals surface area contributed by atoms with Crippen LogP contribution in [-0.2, 0) is 22.5 Å². The van der Waals surface area contributed by atoms with E-state index in [1.165, 1.54) is 20.5 Å². The Morgan fingerprint density at radius 2 is 1.97 bits per heavy atom. The molecule has 12 heteroatoms. The molecule has 0 unspecified atom stereocenters. The van der Waals surface area contributed by atoms with E-state index in [0.717, 1.165) is 11.3 Å². The second-order valence-electron chi connectivity index (χ2n) is 7.99. The van der Waals surface area contributed by atoms with E-state index in [9.17, 15) is 14.4 Å². The molecular weight excluding hydrogens is 428 g/mol. The van der Waals surface area contributed by atoms with E-state index in [-0.39, 0.29) is 36.3 Å². The summed E-state index contributed by atoms with van der Waals surface area (Å²) in [6.45, 7) is 4.78. The van der Waals surface area contributed by atoms with E-state index in [1.807, 2.05) is 13.8 Å². The summed E-state index contributed by atoms with van der Waals surface area (Å²) in [5.74, 6) is -0.245. The van der Waals surface area contributed by atoms with Crippen LogP contribution in [0.25, 0.3) is 5.69 Å². The lowest BCUT2D eigenvalue weighted by atomic mass is 10.1.